The van der Waals surface area contributed by atoms with Gasteiger partial charge in [-0.25, -0.2) is 9.59 Å². The fourth-order valence-corrected chi connectivity index (χ4v) is 2.63. The van der Waals surface area contributed by atoms with Gasteiger partial charge in [0.2, 0.25) is 0 Å². The first-order valence-corrected chi connectivity index (χ1v) is 6.80. The van der Waals surface area contributed by atoms with Gasteiger partial charge in [0.25, 0.3) is 0 Å². The second-order valence-corrected chi connectivity index (χ2v) is 5.19. The number of nitrogens with one attached hydrogen (secondary N) is 2. The number of benzene rings is 1. The van der Waals surface area contributed by atoms with Crippen molar-refractivity contribution in [1.82, 2.24) is 9.88 Å². The normalized spacial score (nSPS) is 15.7. The molecule has 1 aromatic heterocycles. The minimum absolute atomic E-state index is 0.213. The molecule has 0 radical (unpaired) electrons. The number of carbonyl (C=O) groups excluding carboxylic acids is 1. The Morgan fingerprint density at radius 1 is 1.35 bits per heavy atom. The zero-order chi connectivity index (χ0) is 14.1. The van der Waals surface area contributed by atoms with E-state index in [2.05, 4.69) is 10.6 Å². The molecule has 1 aliphatic rings. The van der Waals surface area contributed by atoms with Crippen LogP contribution in [0.5, 0.6) is 0 Å². The van der Waals surface area contributed by atoms with Crippen molar-refractivity contribution in [3.8, 4) is 0 Å². The average molecular weight is 275 g/mol. The highest BCUT2D eigenvalue weighted by molar-refractivity contribution is 5.91. The zero-order valence-corrected chi connectivity index (χ0v) is 11.3. The molecule has 1 aliphatic carbocycles. The van der Waals surface area contributed by atoms with Crippen LogP contribution in [0.1, 0.15) is 25.7 Å². The summed E-state index contributed by atoms with van der Waals surface area (Å²) in [4.78, 5) is 23.3. The Morgan fingerprint density at radius 3 is 2.85 bits per heavy atom. The summed E-state index contributed by atoms with van der Waals surface area (Å²) in [7, 11) is 1.65. The molecule has 106 valence electrons. The van der Waals surface area contributed by atoms with Gasteiger partial charge >= 0.3 is 11.8 Å². The Hall–Kier alpha value is -2.24. The van der Waals surface area contributed by atoms with Gasteiger partial charge in [0.1, 0.15) is 0 Å². The van der Waals surface area contributed by atoms with Crippen LogP contribution in [0.25, 0.3) is 11.1 Å². The molecule has 0 atom stereocenters. The number of nitrogens with zero attached hydrogens (tertiary/aromatic N) is 1. The van der Waals surface area contributed by atoms with E-state index in [4.69, 9.17) is 4.42 Å². The molecule has 1 fully saturated rings. The molecule has 0 saturated heterocycles. The van der Waals surface area contributed by atoms with E-state index in [1.165, 1.54) is 17.4 Å². The number of urea groups is 1. The zero-order valence-electron chi connectivity index (χ0n) is 11.3. The first-order chi connectivity index (χ1) is 9.63. The lowest BCUT2D eigenvalue weighted by Gasteiger charge is -2.12. The second kappa shape index (κ2) is 5.03. The first-order valence-electron chi connectivity index (χ1n) is 6.80. The molecule has 2 N–H and O–H groups in total. The molecule has 0 unspecified atom stereocenters. The minimum Gasteiger partial charge on any atom is -0.408 e. The monoisotopic (exact) mass is 275 g/mol. The summed E-state index contributed by atoms with van der Waals surface area (Å²) in [6.07, 6.45) is 4.43. The van der Waals surface area contributed by atoms with Gasteiger partial charge in [-0.05, 0) is 25.0 Å². The molecule has 1 saturated carbocycles. The van der Waals surface area contributed by atoms with Crippen molar-refractivity contribution in [1.29, 1.82) is 0 Å². The number of anilines is 1. The third kappa shape index (κ3) is 2.41. The van der Waals surface area contributed by atoms with Crippen molar-refractivity contribution in [2.75, 3.05) is 5.32 Å². The standard InChI is InChI=1S/C14H17N3O3/c1-17-11-7-6-10(8-12(11)20-14(17)19)16-13(18)15-9-4-2-3-5-9/h6-9H,2-5H2,1H3,(H2,15,16,18). The quantitative estimate of drug-likeness (QED) is 0.882. The number of fused-ring (bicyclic) bond motifs is 1. The highest BCUT2D eigenvalue weighted by atomic mass is 16.4. The topological polar surface area (TPSA) is 76.3 Å². The van der Waals surface area contributed by atoms with Gasteiger partial charge in [0.05, 0.1) is 5.52 Å². The SMILES string of the molecule is Cn1c(=O)oc2cc(NC(=O)NC3CCCC3)ccc21. The summed E-state index contributed by atoms with van der Waals surface area (Å²) in [5.41, 5.74) is 1.79. The summed E-state index contributed by atoms with van der Waals surface area (Å²) in [5, 5.41) is 5.71. The fourth-order valence-electron chi connectivity index (χ4n) is 2.63. The molecule has 6 nitrogen and oxygen atoms in total. The lowest BCUT2D eigenvalue weighted by atomic mass is 10.2. The van der Waals surface area contributed by atoms with E-state index in [1.54, 1.807) is 25.2 Å². The second-order valence-electron chi connectivity index (χ2n) is 5.19. The molecule has 0 aliphatic heterocycles. The number of hydrogen-bond acceptors (Lipinski definition) is 3. The number of amides is 2. The smallest absolute Gasteiger partial charge is 0.408 e. The lowest BCUT2D eigenvalue weighted by molar-refractivity contribution is 0.248. The maximum absolute atomic E-state index is 11.9. The number of carbonyl (C=O) groups is 1. The Bertz CT molecular complexity index is 695. The third-order valence-electron chi connectivity index (χ3n) is 3.74. The summed E-state index contributed by atoms with van der Waals surface area (Å²) in [6, 6.07) is 5.23. The highest BCUT2D eigenvalue weighted by Gasteiger charge is 2.17. The van der Waals surface area contributed by atoms with E-state index in [0.717, 1.165) is 12.8 Å². The molecular weight excluding hydrogens is 258 g/mol. The van der Waals surface area contributed by atoms with Crippen LogP contribution < -0.4 is 16.4 Å². The number of rotatable bonds is 2. The van der Waals surface area contributed by atoms with E-state index in [9.17, 15) is 9.59 Å². The van der Waals surface area contributed by atoms with Gasteiger partial charge in [0.15, 0.2) is 5.58 Å². The van der Waals surface area contributed by atoms with Crippen molar-refractivity contribution >= 4 is 22.8 Å². The molecule has 3 rings (SSSR count). The molecule has 1 heterocycles. The largest absolute Gasteiger partial charge is 0.419 e. The van der Waals surface area contributed by atoms with Crippen LogP contribution >= 0.6 is 0 Å². The maximum Gasteiger partial charge on any atom is 0.419 e. The Balaban J connectivity index is 1.73. The molecular formula is C14H17N3O3. The van der Waals surface area contributed by atoms with Gasteiger partial charge in [-0.2, -0.15) is 0 Å². The van der Waals surface area contributed by atoms with Crippen molar-refractivity contribution in [3.05, 3.63) is 28.7 Å². The summed E-state index contributed by atoms with van der Waals surface area (Å²) in [6.45, 7) is 0. The van der Waals surface area contributed by atoms with Crippen LogP contribution in [0.3, 0.4) is 0 Å². The number of oxazole rings is 1. The number of aryl methyl sites for hydroxylation is 1. The van der Waals surface area contributed by atoms with Gasteiger partial charge in [0, 0.05) is 24.8 Å². The fraction of sp³-hybridized carbons (Fsp3) is 0.429. The van der Waals surface area contributed by atoms with Crippen molar-refractivity contribution < 1.29 is 9.21 Å². The van der Waals surface area contributed by atoms with Gasteiger partial charge in [-0.3, -0.25) is 4.57 Å². The van der Waals surface area contributed by atoms with E-state index in [-0.39, 0.29) is 12.1 Å². The average Bonchev–Trinajstić information content (AvgIpc) is 2.99. The van der Waals surface area contributed by atoms with Crippen LogP contribution in [0.15, 0.2) is 27.4 Å². The van der Waals surface area contributed by atoms with E-state index in [0.29, 0.717) is 16.8 Å². The Kier molecular flexibility index (Phi) is 3.22. The number of hydrogen-bond donors (Lipinski definition) is 2. The third-order valence-corrected chi connectivity index (χ3v) is 3.74. The minimum atomic E-state index is -0.410. The number of aromatic nitrogens is 1. The lowest BCUT2D eigenvalue weighted by Crippen LogP contribution is -2.36. The van der Waals surface area contributed by atoms with Gasteiger partial charge in [-0.1, -0.05) is 12.8 Å². The predicted octanol–water partition coefficient (Wildman–Crippen LogP) is 2.20. The van der Waals surface area contributed by atoms with Gasteiger partial charge < -0.3 is 15.1 Å². The van der Waals surface area contributed by atoms with E-state index >= 15 is 0 Å². The van der Waals surface area contributed by atoms with E-state index in [1.807, 2.05) is 0 Å². The molecule has 2 aromatic rings. The van der Waals surface area contributed by atoms with Crippen LogP contribution in [0, 0.1) is 0 Å². The molecule has 20 heavy (non-hydrogen) atoms. The molecule has 2 amide bonds. The molecule has 1 aromatic carbocycles. The maximum atomic E-state index is 11.9. The summed E-state index contributed by atoms with van der Waals surface area (Å²) < 4.78 is 6.52. The van der Waals surface area contributed by atoms with E-state index < -0.39 is 5.76 Å². The molecule has 0 bridgehead atoms. The first kappa shape index (κ1) is 12.8. The Labute approximate surface area is 115 Å². The Morgan fingerprint density at radius 2 is 2.10 bits per heavy atom. The summed E-state index contributed by atoms with van der Waals surface area (Å²) >= 11 is 0. The summed E-state index contributed by atoms with van der Waals surface area (Å²) in [5.74, 6) is -0.410. The molecule has 6 heteroatoms. The van der Waals surface area contributed by atoms with Crippen LogP contribution in [0.4, 0.5) is 10.5 Å². The van der Waals surface area contributed by atoms with Crippen molar-refractivity contribution in [3.63, 3.8) is 0 Å². The van der Waals surface area contributed by atoms with Crippen LogP contribution in [0.2, 0.25) is 0 Å². The van der Waals surface area contributed by atoms with Crippen LogP contribution in [-0.4, -0.2) is 16.6 Å². The van der Waals surface area contributed by atoms with Crippen molar-refractivity contribution in [2.45, 2.75) is 31.7 Å². The molecule has 0 spiro atoms. The predicted molar refractivity (Wildman–Crippen MR) is 75.9 cm³/mol. The highest BCUT2D eigenvalue weighted by Crippen LogP contribution is 2.19. The van der Waals surface area contributed by atoms with Crippen molar-refractivity contribution in [2.24, 2.45) is 7.05 Å². The van der Waals surface area contributed by atoms with Crippen LogP contribution in [-0.2, 0) is 7.05 Å². The van der Waals surface area contributed by atoms with Gasteiger partial charge in [-0.15, -0.1) is 0 Å².